The summed E-state index contributed by atoms with van der Waals surface area (Å²) in [7, 11) is -3.83. The Morgan fingerprint density at radius 2 is 2.03 bits per heavy atom. The average molecular weight is 486 g/mol. The molecule has 0 saturated carbocycles. The van der Waals surface area contributed by atoms with E-state index in [1.807, 2.05) is 6.08 Å². The average Bonchev–Trinajstić information content (AvgIpc) is 3.19. The standard InChI is InChI=1S/C25H25F2N3O3S/c1-4-11-34(32,33)30-20-6-5-19(26)21(22(20)27)23(31)18-14-29-24-17(18)12-16(13-28-24)15-7-9-25(2,3)10-8-15/h5-9,12-14,30H,4,10-11H2,1-3H3,(H,28,29). The third kappa shape index (κ3) is 4.65. The van der Waals surface area contributed by atoms with Crippen LogP contribution in [0.25, 0.3) is 16.6 Å². The van der Waals surface area contributed by atoms with Crippen molar-refractivity contribution in [3.05, 3.63) is 77.1 Å². The van der Waals surface area contributed by atoms with Crippen LogP contribution < -0.4 is 4.72 Å². The highest BCUT2D eigenvalue weighted by Crippen LogP contribution is 2.33. The Bertz CT molecular complexity index is 1450. The number of sulfonamides is 1. The van der Waals surface area contributed by atoms with Gasteiger partial charge in [0.15, 0.2) is 5.82 Å². The number of anilines is 1. The molecule has 0 amide bonds. The van der Waals surface area contributed by atoms with E-state index in [2.05, 4.69) is 40.7 Å². The summed E-state index contributed by atoms with van der Waals surface area (Å²) in [6, 6.07) is 3.59. The number of carbonyl (C=O) groups excluding carboxylic acids is 1. The Morgan fingerprint density at radius 3 is 2.71 bits per heavy atom. The quantitative estimate of drug-likeness (QED) is 0.427. The minimum atomic E-state index is -3.83. The van der Waals surface area contributed by atoms with E-state index in [0.29, 0.717) is 17.5 Å². The maximum Gasteiger partial charge on any atom is 0.232 e. The van der Waals surface area contributed by atoms with E-state index in [1.165, 1.54) is 6.20 Å². The number of H-pyrrole nitrogens is 1. The molecule has 3 aromatic rings. The van der Waals surface area contributed by atoms with Crippen molar-refractivity contribution in [3.63, 3.8) is 0 Å². The fourth-order valence-electron chi connectivity index (χ4n) is 3.85. The van der Waals surface area contributed by atoms with Gasteiger partial charge in [-0.15, -0.1) is 0 Å². The minimum Gasteiger partial charge on any atom is -0.345 e. The van der Waals surface area contributed by atoms with Crippen LogP contribution in [-0.2, 0) is 10.0 Å². The molecular weight excluding hydrogens is 460 g/mol. The van der Waals surface area contributed by atoms with Gasteiger partial charge < -0.3 is 4.98 Å². The number of rotatable bonds is 7. The van der Waals surface area contributed by atoms with Gasteiger partial charge in [0, 0.05) is 28.9 Å². The van der Waals surface area contributed by atoms with Gasteiger partial charge in [-0.1, -0.05) is 39.0 Å². The van der Waals surface area contributed by atoms with Gasteiger partial charge in [-0.3, -0.25) is 9.52 Å². The van der Waals surface area contributed by atoms with Crippen LogP contribution in [-0.4, -0.2) is 29.9 Å². The van der Waals surface area contributed by atoms with Gasteiger partial charge in [0.2, 0.25) is 15.8 Å². The largest absolute Gasteiger partial charge is 0.345 e. The number of ketones is 1. The summed E-state index contributed by atoms with van der Waals surface area (Å²) >= 11 is 0. The van der Waals surface area contributed by atoms with Gasteiger partial charge in [0.05, 0.1) is 17.0 Å². The smallest absolute Gasteiger partial charge is 0.232 e. The monoisotopic (exact) mass is 485 g/mol. The van der Waals surface area contributed by atoms with Gasteiger partial charge in [-0.2, -0.15) is 0 Å². The molecule has 4 rings (SSSR count). The van der Waals surface area contributed by atoms with Crippen LogP contribution in [0.3, 0.4) is 0 Å². The van der Waals surface area contributed by atoms with Crippen LogP contribution in [0.2, 0.25) is 0 Å². The second kappa shape index (κ2) is 8.79. The highest BCUT2D eigenvalue weighted by Gasteiger charge is 2.26. The third-order valence-electron chi connectivity index (χ3n) is 5.73. The number of nitrogens with one attached hydrogen (secondary N) is 2. The Kier molecular flexibility index (Phi) is 6.16. The summed E-state index contributed by atoms with van der Waals surface area (Å²) in [6.45, 7) is 5.91. The van der Waals surface area contributed by atoms with E-state index in [4.69, 9.17) is 0 Å². The summed E-state index contributed by atoms with van der Waals surface area (Å²) in [4.78, 5) is 20.5. The normalized spacial score (nSPS) is 15.4. The first-order chi connectivity index (χ1) is 16.0. The molecule has 0 bridgehead atoms. The lowest BCUT2D eigenvalue weighted by Crippen LogP contribution is -2.18. The van der Waals surface area contributed by atoms with Crippen LogP contribution >= 0.6 is 0 Å². The molecule has 2 aromatic heterocycles. The van der Waals surface area contributed by atoms with Crippen molar-refractivity contribution in [2.45, 2.75) is 33.6 Å². The number of aromatic nitrogens is 2. The van der Waals surface area contributed by atoms with Crippen molar-refractivity contribution in [3.8, 4) is 0 Å². The second-order valence-electron chi connectivity index (χ2n) is 9.04. The van der Waals surface area contributed by atoms with E-state index < -0.39 is 38.7 Å². The Balaban J connectivity index is 1.74. The molecule has 1 aliphatic rings. The summed E-state index contributed by atoms with van der Waals surface area (Å²) in [5.41, 5.74) is 0.894. The molecule has 6 nitrogen and oxygen atoms in total. The third-order valence-corrected chi connectivity index (χ3v) is 7.20. The van der Waals surface area contributed by atoms with Crippen molar-refractivity contribution >= 4 is 38.1 Å². The number of hydrogen-bond donors (Lipinski definition) is 2. The van der Waals surface area contributed by atoms with E-state index >= 15 is 4.39 Å². The predicted molar refractivity (Wildman–Crippen MR) is 129 cm³/mol. The number of fused-ring (bicyclic) bond motifs is 1. The zero-order chi connectivity index (χ0) is 24.7. The molecule has 0 saturated heterocycles. The molecule has 9 heteroatoms. The summed E-state index contributed by atoms with van der Waals surface area (Å²) in [6.07, 6.45) is 10.4. The zero-order valence-corrected chi connectivity index (χ0v) is 19.9. The molecule has 0 aliphatic heterocycles. The molecule has 0 unspecified atom stereocenters. The SMILES string of the molecule is CCCS(=O)(=O)Nc1ccc(F)c(C(=O)c2c[nH]c3ncc(C4=CCC(C)(C)C=C4)cc23)c1F. The zero-order valence-electron chi connectivity index (χ0n) is 19.1. The molecule has 178 valence electrons. The van der Waals surface area contributed by atoms with Gasteiger partial charge in [0.25, 0.3) is 0 Å². The fourth-order valence-corrected chi connectivity index (χ4v) is 4.98. The first-order valence-corrected chi connectivity index (χ1v) is 12.6. The van der Waals surface area contributed by atoms with Crippen molar-refractivity contribution in [1.29, 1.82) is 0 Å². The highest BCUT2D eigenvalue weighted by atomic mass is 32.2. The Morgan fingerprint density at radius 1 is 1.26 bits per heavy atom. The number of carbonyl (C=O) groups is 1. The van der Waals surface area contributed by atoms with Crippen molar-refractivity contribution in [2.75, 3.05) is 10.5 Å². The minimum absolute atomic E-state index is 0.0384. The van der Waals surface area contributed by atoms with E-state index in [0.717, 1.165) is 29.7 Å². The van der Waals surface area contributed by atoms with Crippen molar-refractivity contribution < 1.29 is 22.0 Å². The number of benzene rings is 1. The molecule has 34 heavy (non-hydrogen) atoms. The molecule has 1 aromatic carbocycles. The first kappa shape index (κ1) is 23.8. The van der Waals surface area contributed by atoms with E-state index in [-0.39, 0.29) is 16.7 Å². The summed E-state index contributed by atoms with van der Waals surface area (Å²) in [5, 5.41) is 0.414. The first-order valence-electron chi connectivity index (χ1n) is 10.9. The number of allylic oxidation sites excluding steroid dienone is 4. The highest BCUT2D eigenvalue weighted by molar-refractivity contribution is 7.92. The molecule has 0 atom stereocenters. The number of pyridine rings is 1. The van der Waals surface area contributed by atoms with E-state index in [1.54, 1.807) is 19.2 Å². The number of aromatic amines is 1. The predicted octanol–water partition coefficient (Wildman–Crippen LogP) is 5.59. The molecule has 1 aliphatic carbocycles. The number of nitrogens with zero attached hydrogens (tertiary/aromatic N) is 1. The maximum absolute atomic E-state index is 15.2. The molecule has 2 N–H and O–H groups in total. The Hall–Kier alpha value is -3.33. The van der Waals surface area contributed by atoms with Crippen molar-refractivity contribution in [2.24, 2.45) is 5.41 Å². The van der Waals surface area contributed by atoms with Crippen LogP contribution in [0.4, 0.5) is 14.5 Å². The van der Waals surface area contributed by atoms with Gasteiger partial charge in [0.1, 0.15) is 11.5 Å². The van der Waals surface area contributed by atoms with Gasteiger partial charge >= 0.3 is 0 Å². The van der Waals surface area contributed by atoms with Crippen LogP contribution in [0.5, 0.6) is 0 Å². The van der Waals surface area contributed by atoms with E-state index in [9.17, 15) is 17.6 Å². The lowest BCUT2D eigenvalue weighted by atomic mass is 9.83. The lowest BCUT2D eigenvalue weighted by Gasteiger charge is -2.22. The maximum atomic E-state index is 15.2. The van der Waals surface area contributed by atoms with Gasteiger partial charge in [-0.25, -0.2) is 22.2 Å². The van der Waals surface area contributed by atoms with Gasteiger partial charge in [-0.05, 0) is 42.0 Å². The molecular formula is C25H25F2N3O3S. The number of hydrogen-bond acceptors (Lipinski definition) is 4. The molecule has 0 fully saturated rings. The second-order valence-corrected chi connectivity index (χ2v) is 10.9. The number of halogens is 2. The molecule has 0 radical (unpaired) electrons. The summed E-state index contributed by atoms with van der Waals surface area (Å²) in [5.74, 6) is -3.49. The van der Waals surface area contributed by atoms with Crippen LogP contribution in [0.15, 0.2) is 48.8 Å². The van der Waals surface area contributed by atoms with Crippen LogP contribution in [0.1, 0.15) is 55.1 Å². The lowest BCUT2D eigenvalue weighted by molar-refractivity contribution is 0.103. The topological polar surface area (TPSA) is 91.9 Å². The molecule has 2 heterocycles. The molecule has 0 spiro atoms. The summed E-state index contributed by atoms with van der Waals surface area (Å²) < 4.78 is 56.0. The fraction of sp³-hybridized carbons (Fsp3) is 0.280. The van der Waals surface area contributed by atoms with Crippen LogP contribution in [0, 0.1) is 17.0 Å². The van der Waals surface area contributed by atoms with Crippen molar-refractivity contribution in [1.82, 2.24) is 9.97 Å². The Labute approximate surface area is 196 Å².